The van der Waals surface area contributed by atoms with Crippen LogP contribution in [0.15, 0.2) is 12.3 Å². The number of hydrogen-bond donors (Lipinski definition) is 0. The van der Waals surface area contributed by atoms with E-state index in [4.69, 9.17) is 13.6 Å². The van der Waals surface area contributed by atoms with Gasteiger partial charge in [0, 0.05) is 0 Å². The summed E-state index contributed by atoms with van der Waals surface area (Å²) in [7, 11) is -4.05. The Labute approximate surface area is 184 Å². The molecule has 0 spiro atoms. The van der Waals surface area contributed by atoms with Gasteiger partial charge < -0.3 is 13.6 Å². The van der Waals surface area contributed by atoms with Crippen molar-refractivity contribution in [3.63, 3.8) is 0 Å². The lowest BCUT2D eigenvalue weighted by Crippen LogP contribution is -2.59. The van der Waals surface area contributed by atoms with Gasteiger partial charge in [0.05, 0.1) is 12.4 Å². The van der Waals surface area contributed by atoms with E-state index >= 15 is 0 Å². The molecule has 0 radical (unpaired) electrons. The molecule has 0 aromatic heterocycles. The van der Waals surface area contributed by atoms with Gasteiger partial charge in [-0.1, -0.05) is 83.1 Å². The molecule has 0 unspecified atom stereocenters. The fraction of sp³-hybridized carbons (Fsp3) is 0.917. The summed E-state index contributed by atoms with van der Waals surface area (Å²) in [5.74, 6) is 0. The molecule has 1 rings (SSSR count). The van der Waals surface area contributed by atoms with Crippen LogP contribution in [0, 0.1) is 0 Å². The maximum atomic E-state index is 7.23. The van der Waals surface area contributed by atoms with Crippen molar-refractivity contribution in [1.29, 1.82) is 0 Å². The van der Waals surface area contributed by atoms with Gasteiger partial charge in [-0.05, 0) is 46.2 Å². The van der Waals surface area contributed by atoms with Gasteiger partial charge in [0.25, 0.3) is 0 Å². The van der Waals surface area contributed by atoms with Crippen molar-refractivity contribution in [2.75, 3.05) is 0 Å². The first kappa shape index (κ1) is 26.9. The molecule has 1 heterocycles. The highest BCUT2D eigenvalue weighted by molar-refractivity contribution is 6.78. The zero-order chi connectivity index (χ0) is 22.7. The van der Waals surface area contributed by atoms with E-state index < -0.39 is 16.6 Å². The quantitative estimate of drug-likeness (QED) is 0.320. The van der Waals surface area contributed by atoms with Gasteiger partial charge in [0.2, 0.25) is 16.6 Å². The smallest absolute Gasteiger partial charge is 0.201 e. The van der Waals surface area contributed by atoms with Crippen LogP contribution in [-0.2, 0) is 13.6 Å². The van der Waals surface area contributed by atoms with E-state index in [-0.39, 0.29) is 18.3 Å². The molecule has 0 N–H and O–H groups in total. The predicted molar refractivity (Wildman–Crippen MR) is 132 cm³/mol. The van der Waals surface area contributed by atoms with Crippen molar-refractivity contribution in [1.82, 2.24) is 0 Å². The molecule has 29 heavy (non-hydrogen) atoms. The second-order valence-corrected chi connectivity index (χ2v) is 21.8. The first-order valence-electron chi connectivity index (χ1n) is 11.9. The van der Waals surface area contributed by atoms with Gasteiger partial charge in [0.15, 0.2) is 0 Å². The van der Waals surface area contributed by atoms with Crippen LogP contribution >= 0.6 is 0 Å². The molecule has 1 aliphatic heterocycles. The first-order valence-corrected chi connectivity index (χ1v) is 16.2. The van der Waals surface area contributed by atoms with Gasteiger partial charge >= 0.3 is 0 Å². The Balaban J connectivity index is 3.39. The van der Waals surface area contributed by atoms with Crippen molar-refractivity contribution in [3.8, 4) is 0 Å². The van der Waals surface area contributed by atoms with Crippen molar-refractivity contribution in [3.05, 3.63) is 12.3 Å². The Morgan fingerprint density at radius 1 is 0.621 bits per heavy atom. The highest BCUT2D eigenvalue weighted by Gasteiger charge is 2.52. The summed E-state index contributed by atoms with van der Waals surface area (Å²) in [4.78, 5) is 0. The maximum Gasteiger partial charge on any atom is 0.201 e. The van der Waals surface area contributed by atoms with Crippen LogP contribution < -0.4 is 0 Å². The minimum Gasteiger partial charge on any atom is -0.496 e. The monoisotopic (exact) mass is 442 g/mol. The van der Waals surface area contributed by atoms with E-state index in [1.54, 1.807) is 0 Å². The van der Waals surface area contributed by atoms with E-state index in [0.717, 1.165) is 0 Å². The van der Waals surface area contributed by atoms with Crippen molar-refractivity contribution >= 4 is 16.6 Å². The van der Waals surface area contributed by atoms with Crippen LogP contribution in [0.25, 0.3) is 0 Å². The average molecular weight is 443 g/mol. The SMILES string of the molecule is CC(C)[Si](O[C@@H]1[C@@H](O[Si](C(C)C)(C(C)C)C(C)C)C=CO[C@@H]1C)(C(C)C)C(C)C. The van der Waals surface area contributed by atoms with E-state index in [2.05, 4.69) is 96.1 Å². The summed E-state index contributed by atoms with van der Waals surface area (Å²) in [5.41, 5.74) is 3.29. The van der Waals surface area contributed by atoms with E-state index in [1.165, 1.54) is 0 Å². The number of hydrogen-bond acceptors (Lipinski definition) is 3. The van der Waals surface area contributed by atoms with Gasteiger partial charge in [0.1, 0.15) is 12.2 Å². The number of rotatable bonds is 10. The molecular formula is C24H50O3Si2. The predicted octanol–water partition coefficient (Wildman–Crippen LogP) is 8.04. The summed E-state index contributed by atoms with van der Waals surface area (Å²) in [5, 5.41) is 0. The topological polar surface area (TPSA) is 27.7 Å². The molecule has 0 aliphatic carbocycles. The lowest BCUT2D eigenvalue weighted by atomic mass is 10.1. The number of ether oxygens (including phenoxy) is 1. The van der Waals surface area contributed by atoms with Crippen LogP contribution in [0.1, 0.15) is 90.0 Å². The second kappa shape index (κ2) is 10.5. The third kappa shape index (κ3) is 5.21. The molecule has 0 fully saturated rings. The molecule has 0 aromatic carbocycles. The summed E-state index contributed by atoms with van der Waals surface area (Å²) in [6, 6.07) is 0. The Hall–Kier alpha value is -0.106. The Kier molecular flexibility index (Phi) is 9.72. The van der Waals surface area contributed by atoms with Crippen LogP contribution in [0.2, 0.25) is 33.2 Å². The fourth-order valence-electron chi connectivity index (χ4n) is 6.26. The van der Waals surface area contributed by atoms with Gasteiger partial charge in [-0.2, -0.15) is 0 Å². The molecule has 3 nitrogen and oxygen atoms in total. The van der Waals surface area contributed by atoms with E-state index in [0.29, 0.717) is 33.2 Å². The third-order valence-corrected chi connectivity index (χ3v) is 19.6. The lowest BCUT2D eigenvalue weighted by Gasteiger charge is -2.50. The van der Waals surface area contributed by atoms with Gasteiger partial charge in [-0.15, -0.1) is 0 Å². The van der Waals surface area contributed by atoms with Crippen LogP contribution in [0.5, 0.6) is 0 Å². The standard InChI is InChI=1S/C24H50O3Si2/c1-16(2)28(17(3)4,18(5)6)26-23-14-15-25-22(13)24(23)27-29(19(7)8,20(9)10)21(11)12/h14-24H,1-13H3/t22-,23+,24+/m1/s1. The molecule has 0 amide bonds. The minimum atomic E-state index is -2.03. The summed E-state index contributed by atoms with van der Waals surface area (Å²) >= 11 is 0. The molecule has 3 atom stereocenters. The highest BCUT2D eigenvalue weighted by atomic mass is 28.4. The Morgan fingerprint density at radius 3 is 1.31 bits per heavy atom. The Morgan fingerprint density at radius 2 is 0.966 bits per heavy atom. The molecule has 0 saturated carbocycles. The minimum absolute atomic E-state index is 0.00584. The normalized spacial score (nSPS) is 23.9. The zero-order valence-electron chi connectivity index (χ0n) is 21.6. The Bertz CT molecular complexity index is 483. The fourth-order valence-corrected chi connectivity index (χ4v) is 17.4. The maximum absolute atomic E-state index is 7.23. The summed E-state index contributed by atoms with van der Waals surface area (Å²) in [6.07, 6.45) is 3.91. The van der Waals surface area contributed by atoms with E-state index in [1.807, 2.05) is 6.26 Å². The van der Waals surface area contributed by atoms with Gasteiger partial charge in [-0.3, -0.25) is 0 Å². The lowest BCUT2D eigenvalue weighted by molar-refractivity contribution is -0.0450. The molecule has 5 heteroatoms. The summed E-state index contributed by atoms with van der Waals surface area (Å²) in [6.45, 7) is 30.3. The van der Waals surface area contributed by atoms with Crippen molar-refractivity contribution < 1.29 is 13.6 Å². The zero-order valence-corrected chi connectivity index (χ0v) is 23.6. The summed E-state index contributed by atoms with van der Waals surface area (Å²) < 4.78 is 20.4. The first-order chi connectivity index (χ1) is 13.2. The average Bonchev–Trinajstić information content (AvgIpc) is 2.56. The third-order valence-electron chi connectivity index (χ3n) is 7.44. The van der Waals surface area contributed by atoms with Crippen molar-refractivity contribution in [2.45, 2.75) is 142 Å². The van der Waals surface area contributed by atoms with Crippen molar-refractivity contribution in [2.24, 2.45) is 0 Å². The highest BCUT2D eigenvalue weighted by Crippen LogP contribution is 2.47. The van der Waals surface area contributed by atoms with Crippen LogP contribution in [-0.4, -0.2) is 34.9 Å². The molecule has 172 valence electrons. The molecule has 1 aliphatic rings. The van der Waals surface area contributed by atoms with Crippen LogP contribution in [0.3, 0.4) is 0 Å². The van der Waals surface area contributed by atoms with E-state index in [9.17, 15) is 0 Å². The molecule has 0 bridgehead atoms. The largest absolute Gasteiger partial charge is 0.496 e. The molecule has 0 aromatic rings. The molecular weight excluding hydrogens is 392 g/mol. The van der Waals surface area contributed by atoms with Gasteiger partial charge in [-0.25, -0.2) is 0 Å². The second-order valence-electron chi connectivity index (χ2n) is 11.0. The molecule has 0 saturated heterocycles. The van der Waals surface area contributed by atoms with Crippen LogP contribution in [0.4, 0.5) is 0 Å².